The summed E-state index contributed by atoms with van der Waals surface area (Å²) in [6.07, 6.45) is 2.07. The highest BCUT2D eigenvalue weighted by atomic mass is 32.2. The number of methoxy groups -OCH3 is 1. The number of nitrogens with zero attached hydrogens (tertiary/aromatic N) is 2. The average molecular weight is 371 g/mol. The number of sulfonamides is 1. The number of nitrogens with one attached hydrogen (secondary N) is 1. The largest absolute Gasteiger partial charge is 0.496 e. The lowest BCUT2D eigenvalue weighted by molar-refractivity contribution is 0.409. The smallest absolute Gasteiger partial charge is 0.243 e. The Labute approximate surface area is 153 Å². The predicted molar refractivity (Wildman–Crippen MR) is 100 cm³/mol. The molecule has 1 N–H and O–H groups in total. The average Bonchev–Trinajstić information content (AvgIpc) is 3.05. The van der Waals surface area contributed by atoms with Crippen molar-refractivity contribution in [2.24, 2.45) is 0 Å². The van der Waals surface area contributed by atoms with E-state index in [9.17, 15) is 8.42 Å². The van der Waals surface area contributed by atoms with Crippen LogP contribution in [0.25, 0.3) is 5.69 Å². The van der Waals surface area contributed by atoms with Crippen molar-refractivity contribution >= 4 is 10.0 Å². The van der Waals surface area contributed by atoms with Crippen molar-refractivity contribution in [3.8, 4) is 11.4 Å². The highest BCUT2D eigenvalue weighted by molar-refractivity contribution is 7.89. The normalized spacial score (nSPS) is 11.5. The van der Waals surface area contributed by atoms with Crippen molar-refractivity contribution in [1.29, 1.82) is 0 Å². The lowest BCUT2D eigenvalue weighted by atomic mass is 10.1. The maximum atomic E-state index is 12.6. The van der Waals surface area contributed by atoms with Gasteiger partial charge in [0.15, 0.2) is 0 Å². The van der Waals surface area contributed by atoms with Gasteiger partial charge < -0.3 is 4.74 Å². The summed E-state index contributed by atoms with van der Waals surface area (Å²) in [6, 6.07) is 17.0. The third-order valence-electron chi connectivity index (χ3n) is 4.04. The molecular weight excluding hydrogens is 350 g/mol. The molecule has 0 bridgehead atoms. The summed E-state index contributed by atoms with van der Waals surface area (Å²) < 4.78 is 34.8. The Hall–Kier alpha value is -2.64. The number of para-hydroxylation sites is 2. The van der Waals surface area contributed by atoms with E-state index in [0.29, 0.717) is 12.1 Å². The number of rotatable bonds is 7. The first-order chi connectivity index (χ1) is 12.5. The second kappa shape index (κ2) is 7.72. The minimum atomic E-state index is -3.64. The first-order valence-electron chi connectivity index (χ1n) is 8.24. The molecule has 7 heteroatoms. The van der Waals surface area contributed by atoms with Crippen LogP contribution in [0.15, 0.2) is 65.7 Å². The van der Waals surface area contributed by atoms with E-state index in [2.05, 4.69) is 9.82 Å². The topological polar surface area (TPSA) is 73.2 Å². The van der Waals surface area contributed by atoms with E-state index < -0.39 is 10.0 Å². The van der Waals surface area contributed by atoms with Gasteiger partial charge in [-0.3, -0.25) is 0 Å². The minimum absolute atomic E-state index is 0.182. The molecule has 2 aromatic carbocycles. The molecule has 1 heterocycles. The lowest BCUT2D eigenvalue weighted by Crippen LogP contribution is -2.26. The van der Waals surface area contributed by atoms with Gasteiger partial charge in [-0.2, -0.15) is 5.10 Å². The molecule has 0 aliphatic carbocycles. The predicted octanol–water partition coefficient (Wildman–Crippen LogP) is 2.71. The van der Waals surface area contributed by atoms with Gasteiger partial charge in [-0.1, -0.05) is 36.4 Å². The van der Waals surface area contributed by atoms with Crippen LogP contribution >= 0.6 is 0 Å². The molecule has 0 fully saturated rings. The Morgan fingerprint density at radius 2 is 1.77 bits per heavy atom. The first kappa shape index (κ1) is 18.2. The van der Waals surface area contributed by atoms with E-state index in [1.54, 1.807) is 18.7 Å². The van der Waals surface area contributed by atoms with Crippen molar-refractivity contribution < 1.29 is 13.2 Å². The van der Waals surface area contributed by atoms with Crippen molar-refractivity contribution in [3.05, 3.63) is 72.1 Å². The quantitative estimate of drug-likeness (QED) is 0.693. The number of benzene rings is 2. The molecule has 0 spiro atoms. The molecule has 136 valence electrons. The molecule has 0 amide bonds. The molecule has 0 aliphatic rings. The second-order valence-corrected chi connectivity index (χ2v) is 7.55. The maximum Gasteiger partial charge on any atom is 0.243 e. The third-order valence-corrected chi connectivity index (χ3v) is 5.61. The summed E-state index contributed by atoms with van der Waals surface area (Å²) in [5, 5.41) is 4.32. The summed E-state index contributed by atoms with van der Waals surface area (Å²) in [6.45, 7) is 1.97. The molecule has 26 heavy (non-hydrogen) atoms. The van der Waals surface area contributed by atoms with Gasteiger partial charge in [-0.25, -0.2) is 17.8 Å². The minimum Gasteiger partial charge on any atom is -0.496 e. The Kier molecular flexibility index (Phi) is 5.39. The summed E-state index contributed by atoms with van der Waals surface area (Å²) in [5.41, 5.74) is 2.22. The van der Waals surface area contributed by atoms with E-state index in [-0.39, 0.29) is 11.4 Å². The zero-order valence-electron chi connectivity index (χ0n) is 14.7. The molecule has 0 saturated heterocycles. The van der Waals surface area contributed by atoms with Gasteiger partial charge in [0.2, 0.25) is 10.0 Å². The molecule has 0 saturated carbocycles. The fraction of sp³-hybridized carbons (Fsp3) is 0.211. The van der Waals surface area contributed by atoms with Crippen LogP contribution in [0, 0.1) is 6.92 Å². The Morgan fingerprint density at radius 1 is 1.08 bits per heavy atom. The highest BCUT2D eigenvalue weighted by Gasteiger charge is 2.20. The van der Waals surface area contributed by atoms with Crippen LogP contribution in [0.5, 0.6) is 5.75 Å². The SMILES string of the molecule is COc1ccccc1CCNS(=O)(=O)c1cn(-c2ccccc2)nc1C. The van der Waals surface area contributed by atoms with Gasteiger partial charge in [0.05, 0.1) is 24.7 Å². The molecule has 0 radical (unpaired) electrons. The highest BCUT2D eigenvalue weighted by Crippen LogP contribution is 2.19. The molecule has 3 rings (SSSR count). The Balaban J connectivity index is 1.73. The zero-order valence-corrected chi connectivity index (χ0v) is 15.5. The van der Waals surface area contributed by atoms with E-state index in [0.717, 1.165) is 17.0 Å². The van der Waals surface area contributed by atoms with Crippen LogP contribution in [0.1, 0.15) is 11.3 Å². The fourth-order valence-corrected chi connectivity index (χ4v) is 3.92. The van der Waals surface area contributed by atoms with Gasteiger partial charge in [0.25, 0.3) is 0 Å². The fourth-order valence-electron chi connectivity index (χ4n) is 2.73. The molecule has 0 atom stereocenters. The standard InChI is InChI=1S/C19H21N3O3S/c1-15-19(14-22(21-15)17-9-4-3-5-10-17)26(23,24)20-13-12-16-8-6-7-11-18(16)25-2/h3-11,14,20H,12-13H2,1-2H3. The Bertz CT molecular complexity index is 982. The molecule has 6 nitrogen and oxygen atoms in total. The molecule has 0 aliphatic heterocycles. The van der Waals surface area contributed by atoms with Crippen LogP contribution in [0.2, 0.25) is 0 Å². The van der Waals surface area contributed by atoms with Crippen molar-refractivity contribution in [2.45, 2.75) is 18.2 Å². The van der Waals surface area contributed by atoms with Gasteiger partial charge in [0, 0.05) is 6.54 Å². The third kappa shape index (κ3) is 3.95. The monoisotopic (exact) mass is 371 g/mol. The molecule has 1 aromatic heterocycles. The summed E-state index contributed by atoms with van der Waals surface area (Å²) in [4.78, 5) is 0.182. The van der Waals surface area contributed by atoms with Gasteiger partial charge >= 0.3 is 0 Å². The van der Waals surface area contributed by atoms with E-state index >= 15 is 0 Å². The molecule has 3 aromatic rings. The maximum absolute atomic E-state index is 12.6. The van der Waals surface area contributed by atoms with Crippen LogP contribution in [0.4, 0.5) is 0 Å². The van der Waals surface area contributed by atoms with Gasteiger partial charge in [-0.15, -0.1) is 0 Å². The van der Waals surface area contributed by atoms with Crippen molar-refractivity contribution in [2.75, 3.05) is 13.7 Å². The number of ether oxygens (including phenoxy) is 1. The zero-order chi connectivity index (χ0) is 18.6. The first-order valence-corrected chi connectivity index (χ1v) is 9.73. The van der Waals surface area contributed by atoms with Crippen LogP contribution in [0.3, 0.4) is 0 Å². The number of aryl methyl sites for hydroxylation is 1. The number of hydrogen-bond acceptors (Lipinski definition) is 4. The lowest BCUT2D eigenvalue weighted by Gasteiger charge is -2.09. The van der Waals surface area contributed by atoms with E-state index in [4.69, 9.17) is 4.74 Å². The molecule has 0 unspecified atom stereocenters. The summed E-state index contributed by atoms with van der Waals surface area (Å²) >= 11 is 0. The van der Waals surface area contributed by atoms with E-state index in [1.165, 1.54) is 6.20 Å². The van der Waals surface area contributed by atoms with Crippen LogP contribution in [-0.2, 0) is 16.4 Å². The number of aromatic nitrogens is 2. The van der Waals surface area contributed by atoms with Crippen LogP contribution < -0.4 is 9.46 Å². The van der Waals surface area contributed by atoms with Gasteiger partial charge in [0.1, 0.15) is 10.6 Å². The number of hydrogen-bond donors (Lipinski definition) is 1. The van der Waals surface area contributed by atoms with Crippen LogP contribution in [-0.4, -0.2) is 31.9 Å². The van der Waals surface area contributed by atoms with Crippen molar-refractivity contribution in [3.63, 3.8) is 0 Å². The summed E-state index contributed by atoms with van der Waals surface area (Å²) in [7, 11) is -2.04. The van der Waals surface area contributed by atoms with E-state index in [1.807, 2.05) is 54.6 Å². The van der Waals surface area contributed by atoms with Crippen molar-refractivity contribution in [1.82, 2.24) is 14.5 Å². The molecular formula is C19H21N3O3S. The summed E-state index contributed by atoms with van der Waals surface area (Å²) in [5.74, 6) is 0.750. The van der Waals surface area contributed by atoms with Gasteiger partial charge in [-0.05, 0) is 37.1 Å². The second-order valence-electron chi connectivity index (χ2n) is 5.82. The Morgan fingerprint density at radius 3 is 2.50 bits per heavy atom.